The van der Waals surface area contributed by atoms with Crippen molar-refractivity contribution in [1.82, 2.24) is 15.2 Å². The third kappa shape index (κ3) is 4.46. The Kier molecular flexibility index (Phi) is 7.89. The van der Waals surface area contributed by atoms with E-state index in [9.17, 15) is 4.79 Å². The van der Waals surface area contributed by atoms with E-state index in [-0.39, 0.29) is 36.8 Å². The number of nitrogens with zero attached hydrogens (tertiary/aromatic N) is 3. The van der Waals surface area contributed by atoms with Gasteiger partial charge in [0.05, 0.1) is 13.2 Å². The van der Waals surface area contributed by atoms with Gasteiger partial charge in [-0.2, -0.15) is 0 Å². The number of piperazine rings is 1. The van der Waals surface area contributed by atoms with Crippen LogP contribution in [0.25, 0.3) is 0 Å². The molecule has 0 aromatic carbocycles. The summed E-state index contributed by atoms with van der Waals surface area (Å²) in [4.78, 5) is 20.8. The van der Waals surface area contributed by atoms with Gasteiger partial charge >= 0.3 is 0 Å². The van der Waals surface area contributed by atoms with Crippen molar-refractivity contribution in [2.45, 2.75) is 6.04 Å². The molecule has 1 aromatic rings. The summed E-state index contributed by atoms with van der Waals surface area (Å²) in [5.41, 5.74) is 0. The Balaban J connectivity index is 0.00000121. The Morgan fingerprint density at radius 3 is 2.59 bits per heavy atom. The topological polar surface area (TPSA) is 57.7 Å². The average Bonchev–Trinajstić information content (AvgIpc) is 2.56. The van der Waals surface area contributed by atoms with Gasteiger partial charge in [-0.1, -0.05) is 6.07 Å². The molecular weight excluding hydrogens is 327 g/mol. The van der Waals surface area contributed by atoms with Crippen molar-refractivity contribution in [3.05, 3.63) is 24.4 Å². The second-order valence-corrected chi connectivity index (χ2v) is 5.08. The summed E-state index contributed by atoms with van der Waals surface area (Å²) in [5, 5.41) is 3.22. The fourth-order valence-corrected chi connectivity index (χ4v) is 2.64. The lowest BCUT2D eigenvalue weighted by molar-refractivity contribution is -0.136. The largest absolute Gasteiger partial charge is 0.378 e. The van der Waals surface area contributed by atoms with Crippen LogP contribution in [0.2, 0.25) is 0 Å². The third-order valence-electron chi connectivity index (χ3n) is 3.78. The summed E-state index contributed by atoms with van der Waals surface area (Å²) >= 11 is 0. The highest BCUT2D eigenvalue weighted by Crippen LogP contribution is 2.13. The summed E-state index contributed by atoms with van der Waals surface area (Å²) in [6.07, 6.45) is 1.80. The Bertz CT molecular complexity index is 449. The van der Waals surface area contributed by atoms with E-state index in [2.05, 4.69) is 15.2 Å². The maximum absolute atomic E-state index is 12.3. The molecule has 22 heavy (non-hydrogen) atoms. The van der Waals surface area contributed by atoms with Gasteiger partial charge in [0, 0.05) is 38.9 Å². The molecule has 2 saturated heterocycles. The molecule has 1 aromatic heterocycles. The van der Waals surface area contributed by atoms with Gasteiger partial charge in [-0.15, -0.1) is 24.8 Å². The molecule has 124 valence electrons. The maximum Gasteiger partial charge on any atom is 0.242 e. The van der Waals surface area contributed by atoms with Gasteiger partial charge in [0.15, 0.2) is 0 Å². The number of aromatic nitrogens is 1. The first-order chi connectivity index (χ1) is 9.84. The smallest absolute Gasteiger partial charge is 0.242 e. The summed E-state index contributed by atoms with van der Waals surface area (Å²) in [6.45, 7) is 5.08. The lowest BCUT2D eigenvalue weighted by Gasteiger charge is -2.37. The van der Waals surface area contributed by atoms with Crippen molar-refractivity contribution in [2.24, 2.45) is 0 Å². The molecule has 6 nitrogen and oxygen atoms in total. The molecule has 0 bridgehead atoms. The fourth-order valence-electron chi connectivity index (χ4n) is 2.64. The number of nitrogens with one attached hydrogen (secondary N) is 1. The quantitative estimate of drug-likeness (QED) is 0.846. The minimum absolute atomic E-state index is 0. The van der Waals surface area contributed by atoms with Crippen LogP contribution in [0.4, 0.5) is 5.82 Å². The monoisotopic (exact) mass is 348 g/mol. The zero-order valence-electron chi connectivity index (χ0n) is 12.3. The first-order valence-electron chi connectivity index (χ1n) is 7.10. The van der Waals surface area contributed by atoms with Crippen LogP contribution in [0.5, 0.6) is 0 Å². The molecule has 1 N–H and O–H groups in total. The summed E-state index contributed by atoms with van der Waals surface area (Å²) in [6, 6.07) is 5.74. The molecule has 1 amide bonds. The molecule has 0 aliphatic carbocycles. The van der Waals surface area contributed by atoms with E-state index < -0.39 is 0 Å². The predicted octanol–water partition coefficient (Wildman–Crippen LogP) is 0.562. The van der Waals surface area contributed by atoms with Crippen molar-refractivity contribution in [3.63, 3.8) is 0 Å². The normalized spacial score (nSPS) is 21.5. The molecule has 0 radical (unpaired) electrons. The van der Waals surface area contributed by atoms with Crippen LogP contribution in [0.15, 0.2) is 24.4 Å². The molecule has 1 unspecified atom stereocenters. The van der Waals surface area contributed by atoms with Crippen molar-refractivity contribution in [1.29, 1.82) is 0 Å². The lowest BCUT2D eigenvalue weighted by Crippen LogP contribution is -2.57. The molecule has 2 aliphatic rings. The minimum atomic E-state index is -0.176. The van der Waals surface area contributed by atoms with Gasteiger partial charge < -0.3 is 19.9 Å². The molecule has 3 rings (SSSR count). The van der Waals surface area contributed by atoms with Crippen LogP contribution in [-0.2, 0) is 9.53 Å². The molecular formula is C14H22Cl2N4O2. The maximum atomic E-state index is 12.3. The zero-order valence-corrected chi connectivity index (χ0v) is 13.9. The Morgan fingerprint density at radius 2 is 2.00 bits per heavy atom. The zero-order chi connectivity index (χ0) is 13.8. The number of anilines is 1. The van der Waals surface area contributed by atoms with Crippen molar-refractivity contribution in [2.75, 3.05) is 50.8 Å². The number of carbonyl (C=O) groups is 1. The Labute approximate surface area is 143 Å². The van der Waals surface area contributed by atoms with Crippen LogP contribution < -0.4 is 10.2 Å². The summed E-state index contributed by atoms with van der Waals surface area (Å²) in [5.74, 6) is 1.14. The first-order valence-corrected chi connectivity index (χ1v) is 7.10. The van der Waals surface area contributed by atoms with Gasteiger partial charge in [-0.3, -0.25) is 4.79 Å². The number of morpholine rings is 1. The molecule has 8 heteroatoms. The van der Waals surface area contributed by atoms with E-state index in [0.29, 0.717) is 13.2 Å². The van der Waals surface area contributed by atoms with E-state index in [1.165, 1.54) is 0 Å². The lowest BCUT2D eigenvalue weighted by atomic mass is 10.2. The summed E-state index contributed by atoms with van der Waals surface area (Å²) < 4.78 is 5.35. The first kappa shape index (κ1) is 19.0. The summed E-state index contributed by atoms with van der Waals surface area (Å²) in [7, 11) is 0. The highest BCUT2D eigenvalue weighted by atomic mass is 35.5. The van der Waals surface area contributed by atoms with Crippen LogP contribution in [0.3, 0.4) is 0 Å². The highest BCUT2D eigenvalue weighted by Gasteiger charge is 2.28. The highest BCUT2D eigenvalue weighted by molar-refractivity contribution is 5.85. The molecule has 2 aliphatic heterocycles. The predicted molar refractivity (Wildman–Crippen MR) is 90.1 cm³/mol. The standard InChI is InChI=1S/C14H20N4O2.2ClH/c19-14(12-11-20-10-5-15-12)18-8-6-17(7-9-18)13-3-1-2-4-16-13;;/h1-4,12,15H,5-11H2;2*1H. The van der Waals surface area contributed by atoms with Crippen molar-refractivity contribution < 1.29 is 9.53 Å². The van der Waals surface area contributed by atoms with Gasteiger partial charge in [0.2, 0.25) is 5.91 Å². The number of hydrogen-bond donors (Lipinski definition) is 1. The van der Waals surface area contributed by atoms with E-state index in [1.54, 1.807) is 6.20 Å². The van der Waals surface area contributed by atoms with Gasteiger partial charge in [-0.25, -0.2) is 4.98 Å². The molecule has 1 atom stereocenters. The number of ether oxygens (including phenoxy) is 1. The van der Waals surface area contributed by atoms with E-state index in [1.807, 2.05) is 23.1 Å². The minimum Gasteiger partial charge on any atom is -0.378 e. The van der Waals surface area contributed by atoms with Crippen molar-refractivity contribution in [3.8, 4) is 0 Å². The Hall–Kier alpha value is -1.08. The van der Waals surface area contributed by atoms with Gasteiger partial charge in [0.1, 0.15) is 11.9 Å². The number of hydrogen-bond acceptors (Lipinski definition) is 5. The Morgan fingerprint density at radius 1 is 1.23 bits per heavy atom. The van der Waals surface area contributed by atoms with Gasteiger partial charge in [-0.05, 0) is 12.1 Å². The van der Waals surface area contributed by atoms with Crippen LogP contribution in [-0.4, -0.2) is 67.8 Å². The van der Waals surface area contributed by atoms with Crippen LogP contribution >= 0.6 is 24.8 Å². The second kappa shape index (κ2) is 9.15. The van der Waals surface area contributed by atoms with E-state index in [0.717, 1.165) is 38.5 Å². The average molecular weight is 349 g/mol. The number of pyridine rings is 1. The van der Waals surface area contributed by atoms with Gasteiger partial charge in [0.25, 0.3) is 0 Å². The third-order valence-corrected chi connectivity index (χ3v) is 3.78. The fraction of sp³-hybridized carbons (Fsp3) is 0.571. The van der Waals surface area contributed by atoms with Crippen molar-refractivity contribution >= 4 is 36.5 Å². The SMILES string of the molecule is Cl.Cl.O=C(C1COCCN1)N1CCN(c2ccccn2)CC1. The van der Waals surface area contributed by atoms with E-state index >= 15 is 0 Å². The number of amides is 1. The molecule has 3 heterocycles. The molecule has 0 spiro atoms. The van der Waals surface area contributed by atoms with Crippen LogP contribution in [0.1, 0.15) is 0 Å². The molecule has 2 fully saturated rings. The van der Waals surface area contributed by atoms with E-state index in [4.69, 9.17) is 4.74 Å². The number of rotatable bonds is 2. The number of carbonyl (C=O) groups excluding carboxylic acids is 1. The van der Waals surface area contributed by atoms with Crippen LogP contribution in [0, 0.1) is 0 Å². The second-order valence-electron chi connectivity index (χ2n) is 5.08. The molecule has 0 saturated carbocycles. The number of halogens is 2.